The molecule has 22 heavy (non-hydrogen) atoms. The number of rotatable bonds is 9. The van der Waals surface area contributed by atoms with Gasteiger partial charge in [0.05, 0.1) is 24.4 Å². The van der Waals surface area contributed by atoms with Gasteiger partial charge in [0.15, 0.2) is 0 Å². The molecule has 126 valence electrons. The number of halogens is 1. The second kappa shape index (κ2) is 9.98. The van der Waals surface area contributed by atoms with Crippen molar-refractivity contribution in [2.24, 2.45) is 11.7 Å². The summed E-state index contributed by atoms with van der Waals surface area (Å²) in [4.78, 5) is 11.0. The molecule has 8 heteroatoms. The Morgan fingerprint density at radius 3 is 2.09 bits per heavy atom. The molecule has 0 aromatic heterocycles. The van der Waals surface area contributed by atoms with Gasteiger partial charge in [0.25, 0.3) is 0 Å². The van der Waals surface area contributed by atoms with Gasteiger partial charge in [0.1, 0.15) is 0 Å². The monoisotopic (exact) mass is 351 g/mol. The van der Waals surface area contributed by atoms with E-state index in [1.165, 1.54) is 0 Å². The summed E-state index contributed by atoms with van der Waals surface area (Å²) >= 11 is 0. The number of hydrogen-bond acceptors (Lipinski definition) is 5. The molecule has 0 aliphatic carbocycles. The van der Waals surface area contributed by atoms with E-state index in [9.17, 15) is 9.36 Å². The molecule has 0 aliphatic heterocycles. The quantitative estimate of drug-likeness (QED) is 0.662. The minimum Gasteiger partial charge on any atom is -0.481 e. The zero-order valence-electron chi connectivity index (χ0n) is 12.7. The Morgan fingerprint density at radius 1 is 1.23 bits per heavy atom. The first-order valence-corrected chi connectivity index (χ1v) is 8.42. The van der Waals surface area contributed by atoms with Crippen LogP contribution in [0.5, 0.6) is 0 Å². The van der Waals surface area contributed by atoms with Crippen molar-refractivity contribution in [3.05, 3.63) is 29.8 Å². The highest BCUT2D eigenvalue weighted by molar-refractivity contribution is 7.62. The molecule has 0 heterocycles. The third-order valence-electron chi connectivity index (χ3n) is 2.97. The zero-order valence-corrected chi connectivity index (χ0v) is 14.4. The Morgan fingerprint density at radius 2 is 1.73 bits per heavy atom. The van der Waals surface area contributed by atoms with Crippen LogP contribution < -0.4 is 11.0 Å². The Bertz CT molecular complexity index is 498. The standard InChI is InChI=1S/C14H22NO5P.ClH/c1-3-19-21(18,20-4-2)13-7-5-11(6-8-13)9-12(10-15)14(16)17;/h5-8,12H,3-4,9-10,15H2,1-2H3,(H,16,17);1H/t12-;/m1./s1. The van der Waals surface area contributed by atoms with E-state index in [4.69, 9.17) is 19.9 Å². The van der Waals surface area contributed by atoms with Crippen molar-refractivity contribution in [2.75, 3.05) is 19.8 Å². The Balaban J connectivity index is 0.00000441. The van der Waals surface area contributed by atoms with Gasteiger partial charge < -0.3 is 19.9 Å². The third kappa shape index (κ3) is 5.71. The van der Waals surface area contributed by atoms with Crippen LogP contribution in [0.15, 0.2) is 24.3 Å². The molecule has 0 aliphatic rings. The summed E-state index contributed by atoms with van der Waals surface area (Å²) in [7, 11) is -3.29. The molecule has 1 aromatic carbocycles. The number of carboxylic acid groups (broad SMARTS) is 1. The summed E-state index contributed by atoms with van der Waals surface area (Å²) in [5, 5.41) is 9.46. The van der Waals surface area contributed by atoms with Gasteiger partial charge in [0, 0.05) is 6.54 Å². The van der Waals surface area contributed by atoms with E-state index in [1.54, 1.807) is 38.1 Å². The Hall–Kier alpha value is -0.910. The van der Waals surface area contributed by atoms with E-state index in [2.05, 4.69) is 0 Å². The zero-order chi connectivity index (χ0) is 15.9. The molecule has 0 radical (unpaired) electrons. The van der Waals surface area contributed by atoms with Gasteiger partial charge >= 0.3 is 13.6 Å². The number of carboxylic acids is 1. The van der Waals surface area contributed by atoms with Gasteiger partial charge in [-0.15, -0.1) is 12.4 Å². The molecule has 0 unspecified atom stereocenters. The minimum absolute atomic E-state index is 0. The van der Waals surface area contributed by atoms with E-state index in [0.717, 1.165) is 5.56 Å². The van der Waals surface area contributed by atoms with Crippen LogP contribution in [0.25, 0.3) is 0 Å². The maximum Gasteiger partial charge on any atom is 0.361 e. The van der Waals surface area contributed by atoms with Crippen LogP contribution in [0.2, 0.25) is 0 Å². The van der Waals surface area contributed by atoms with Gasteiger partial charge in [-0.25, -0.2) is 0 Å². The van der Waals surface area contributed by atoms with Crippen LogP contribution >= 0.6 is 20.0 Å². The fraction of sp³-hybridized carbons (Fsp3) is 0.500. The molecular formula is C14H23ClNO5P. The first-order valence-electron chi connectivity index (χ1n) is 6.88. The van der Waals surface area contributed by atoms with Crippen molar-refractivity contribution < 1.29 is 23.5 Å². The molecule has 6 nitrogen and oxygen atoms in total. The lowest BCUT2D eigenvalue weighted by Gasteiger charge is -2.17. The van der Waals surface area contributed by atoms with Crippen LogP contribution in [0.4, 0.5) is 0 Å². The maximum absolute atomic E-state index is 12.6. The van der Waals surface area contributed by atoms with Crippen LogP contribution in [0.3, 0.4) is 0 Å². The van der Waals surface area contributed by atoms with Crippen LogP contribution in [-0.2, 0) is 24.8 Å². The van der Waals surface area contributed by atoms with Gasteiger partial charge in [-0.05, 0) is 38.0 Å². The molecule has 0 saturated carbocycles. The molecular weight excluding hydrogens is 329 g/mol. The van der Waals surface area contributed by atoms with E-state index in [0.29, 0.717) is 11.7 Å². The Kier molecular flexibility index (Phi) is 9.56. The Labute approximate surface area is 136 Å². The van der Waals surface area contributed by atoms with Crippen LogP contribution in [0, 0.1) is 5.92 Å². The molecule has 0 spiro atoms. The highest BCUT2D eigenvalue weighted by atomic mass is 35.5. The van der Waals surface area contributed by atoms with Crippen molar-refractivity contribution >= 4 is 31.3 Å². The average Bonchev–Trinajstić information content (AvgIpc) is 2.45. The second-order valence-electron chi connectivity index (χ2n) is 4.47. The predicted molar refractivity (Wildman–Crippen MR) is 88.1 cm³/mol. The number of aliphatic carboxylic acids is 1. The number of carbonyl (C=O) groups is 1. The fourth-order valence-corrected chi connectivity index (χ4v) is 3.46. The topological polar surface area (TPSA) is 98.9 Å². The van der Waals surface area contributed by atoms with E-state index >= 15 is 0 Å². The predicted octanol–water partition coefficient (Wildman–Crippen LogP) is 2.20. The summed E-state index contributed by atoms with van der Waals surface area (Å²) in [6.07, 6.45) is 0.333. The first kappa shape index (κ1) is 21.1. The fourth-order valence-electron chi connectivity index (χ4n) is 1.90. The summed E-state index contributed by atoms with van der Waals surface area (Å²) in [5.41, 5.74) is 6.25. The van der Waals surface area contributed by atoms with Crippen molar-refractivity contribution in [3.8, 4) is 0 Å². The second-order valence-corrected chi connectivity index (χ2v) is 6.50. The lowest BCUT2D eigenvalue weighted by molar-refractivity contribution is -0.141. The lowest BCUT2D eigenvalue weighted by Crippen LogP contribution is -2.25. The largest absolute Gasteiger partial charge is 0.481 e. The van der Waals surface area contributed by atoms with Gasteiger partial charge in [-0.2, -0.15) is 0 Å². The van der Waals surface area contributed by atoms with Gasteiger partial charge in [-0.1, -0.05) is 12.1 Å². The summed E-state index contributed by atoms with van der Waals surface area (Å²) < 4.78 is 23.1. The lowest BCUT2D eigenvalue weighted by atomic mass is 10.00. The van der Waals surface area contributed by atoms with E-state index < -0.39 is 19.5 Å². The smallest absolute Gasteiger partial charge is 0.361 e. The summed E-state index contributed by atoms with van der Waals surface area (Å²) in [6, 6.07) is 6.75. The number of hydrogen-bond donors (Lipinski definition) is 2. The highest BCUT2D eigenvalue weighted by Gasteiger charge is 2.26. The molecule has 0 saturated heterocycles. The van der Waals surface area contributed by atoms with Gasteiger partial charge in [-0.3, -0.25) is 9.36 Å². The molecule has 0 fully saturated rings. The van der Waals surface area contributed by atoms with E-state index in [1.807, 2.05) is 0 Å². The average molecular weight is 352 g/mol. The van der Waals surface area contributed by atoms with Crippen molar-refractivity contribution in [3.63, 3.8) is 0 Å². The minimum atomic E-state index is -3.29. The van der Waals surface area contributed by atoms with Crippen molar-refractivity contribution in [1.29, 1.82) is 0 Å². The van der Waals surface area contributed by atoms with Crippen molar-refractivity contribution in [2.45, 2.75) is 20.3 Å². The summed E-state index contributed by atoms with van der Waals surface area (Å²) in [6.45, 7) is 4.14. The summed E-state index contributed by atoms with van der Waals surface area (Å²) in [5.74, 6) is -1.54. The molecule has 0 bridgehead atoms. The highest BCUT2D eigenvalue weighted by Crippen LogP contribution is 2.46. The molecule has 1 aromatic rings. The molecule has 1 rings (SSSR count). The SMILES string of the molecule is CCOP(=O)(OCC)c1ccc(C[C@H](CN)C(=O)O)cc1.Cl. The number of benzene rings is 1. The van der Waals surface area contributed by atoms with E-state index in [-0.39, 0.29) is 32.2 Å². The van der Waals surface area contributed by atoms with Crippen LogP contribution in [-0.4, -0.2) is 30.8 Å². The molecule has 3 N–H and O–H groups in total. The van der Waals surface area contributed by atoms with Gasteiger partial charge in [0.2, 0.25) is 0 Å². The van der Waals surface area contributed by atoms with Crippen molar-refractivity contribution in [1.82, 2.24) is 0 Å². The molecule has 0 amide bonds. The van der Waals surface area contributed by atoms with Crippen LogP contribution in [0.1, 0.15) is 19.4 Å². The normalized spacial score (nSPS) is 12.5. The number of nitrogens with two attached hydrogens (primary N) is 1. The molecule has 1 atom stereocenters. The maximum atomic E-state index is 12.6. The first-order chi connectivity index (χ1) is 9.96. The third-order valence-corrected chi connectivity index (χ3v) is 5.09.